The van der Waals surface area contributed by atoms with Gasteiger partial charge in [0, 0.05) is 25.0 Å². The number of carbonyl (C=O) groups excluding carboxylic acids is 1. The number of fused-ring (bicyclic) bond motifs is 1. The number of piperidine rings is 1. The number of rotatable bonds is 2. The molecule has 0 aliphatic carbocycles. The van der Waals surface area contributed by atoms with Gasteiger partial charge in [0.25, 0.3) is 5.91 Å². The Bertz CT molecular complexity index is 593. The molecule has 1 aromatic heterocycles. The number of benzene rings is 1. The van der Waals surface area contributed by atoms with Gasteiger partial charge in [0.15, 0.2) is 0 Å². The molecular weight excluding hydrogens is 276 g/mol. The van der Waals surface area contributed by atoms with Gasteiger partial charge in [0.1, 0.15) is 5.52 Å². The third-order valence-electron chi connectivity index (χ3n) is 3.38. The van der Waals surface area contributed by atoms with Crippen LogP contribution in [0.25, 0.3) is 11.0 Å². The summed E-state index contributed by atoms with van der Waals surface area (Å²) >= 11 is 0. The SMILES string of the molecule is Cl.O=C(N[C@@H]1CCCNC1)c1cccc2nccnc12. The lowest BCUT2D eigenvalue weighted by molar-refractivity contribution is 0.0932. The quantitative estimate of drug-likeness (QED) is 0.881. The van der Waals surface area contributed by atoms with Crippen LogP contribution >= 0.6 is 12.4 Å². The van der Waals surface area contributed by atoms with Gasteiger partial charge in [0.2, 0.25) is 0 Å². The summed E-state index contributed by atoms with van der Waals surface area (Å²) in [6.45, 7) is 1.87. The molecule has 2 N–H and O–H groups in total. The first-order valence-corrected chi connectivity index (χ1v) is 6.56. The first-order chi connectivity index (χ1) is 9.34. The monoisotopic (exact) mass is 292 g/mol. The van der Waals surface area contributed by atoms with Crippen LogP contribution in [0.1, 0.15) is 23.2 Å². The molecule has 0 unspecified atom stereocenters. The molecule has 3 rings (SSSR count). The van der Waals surface area contributed by atoms with E-state index in [4.69, 9.17) is 0 Å². The van der Waals surface area contributed by atoms with Crippen molar-refractivity contribution in [2.45, 2.75) is 18.9 Å². The Morgan fingerprint density at radius 2 is 2.15 bits per heavy atom. The number of aromatic nitrogens is 2. The zero-order valence-corrected chi connectivity index (χ0v) is 11.8. The van der Waals surface area contributed by atoms with Crippen molar-refractivity contribution >= 4 is 29.3 Å². The highest BCUT2D eigenvalue weighted by Gasteiger charge is 2.18. The second-order valence-electron chi connectivity index (χ2n) is 4.75. The van der Waals surface area contributed by atoms with Crippen LogP contribution < -0.4 is 10.6 Å². The molecule has 1 amide bonds. The molecule has 2 heterocycles. The first-order valence-electron chi connectivity index (χ1n) is 6.56. The second kappa shape index (κ2) is 6.63. The van der Waals surface area contributed by atoms with Crippen molar-refractivity contribution < 1.29 is 4.79 Å². The summed E-state index contributed by atoms with van der Waals surface area (Å²) < 4.78 is 0. The van der Waals surface area contributed by atoms with Gasteiger partial charge in [-0.1, -0.05) is 6.07 Å². The predicted octanol–water partition coefficient (Wildman–Crippen LogP) is 1.53. The largest absolute Gasteiger partial charge is 0.348 e. The molecule has 1 aliphatic rings. The molecule has 1 atom stereocenters. The van der Waals surface area contributed by atoms with Gasteiger partial charge < -0.3 is 10.6 Å². The zero-order chi connectivity index (χ0) is 13.1. The molecule has 1 fully saturated rings. The van der Waals surface area contributed by atoms with E-state index in [-0.39, 0.29) is 24.4 Å². The van der Waals surface area contributed by atoms with Gasteiger partial charge in [0.05, 0.1) is 11.1 Å². The Kier molecular flexibility index (Phi) is 4.87. The van der Waals surface area contributed by atoms with E-state index >= 15 is 0 Å². The maximum absolute atomic E-state index is 12.3. The van der Waals surface area contributed by atoms with Crippen LogP contribution in [0.4, 0.5) is 0 Å². The summed E-state index contributed by atoms with van der Waals surface area (Å²) in [4.78, 5) is 20.8. The molecular formula is C14H17ClN4O. The molecule has 6 heteroatoms. The molecule has 0 bridgehead atoms. The number of halogens is 1. The van der Waals surface area contributed by atoms with Crippen molar-refractivity contribution in [1.82, 2.24) is 20.6 Å². The maximum atomic E-state index is 12.3. The molecule has 20 heavy (non-hydrogen) atoms. The fourth-order valence-corrected chi connectivity index (χ4v) is 2.41. The summed E-state index contributed by atoms with van der Waals surface area (Å²) in [6.07, 6.45) is 5.37. The normalized spacial score (nSPS) is 18.3. The van der Waals surface area contributed by atoms with Crippen molar-refractivity contribution in [2.75, 3.05) is 13.1 Å². The van der Waals surface area contributed by atoms with Crippen LogP contribution in [0.3, 0.4) is 0 Å². The van der Waals surface area contributed by atoms with Crippen LogP contribution in [0, 0.1) is 0 Å². The standard InChI is InChI=1S/C14H16N4O.ClH/c19-14(18-10-3-2-6-15-9-10)11-4-1-5-12-13(11)17-8-7-16-12;/h1,4-5,7-8,10,15H,2-3,6,9H2,(H,18,19);1H/t10-;/m1./s1. The van der Waals surface area contributed by atoms with Crippen molar-refractivity contribution in [3.8, 4) is 0 Å². The van der Waals surface area contributed by atoms with Crippen LogP contribution in [-0.2, 0) is 0 Å². The van der Waals surface area contributed by atoms with Gasteiger partial charge in [-0.3, -0.25) is 14.8 Å². The highest BCUT2D eigenvalue weighted by atomic mass is 35.5. The minimum Gasteiger partial charge on any atom is -0.348 e. The van der Waals surface area contributed by atoms with E-state index in [0.717, 1.165) is 31.4 Å². The van der Waals surface area contributed by atoms with E-state index in [9.17, 15) is 4.79 Å². The maximum Gasteiger partial charge on any atom is 0.253 e. The Morgan fingerprint density at radius 1 is 1.30 bits per heavy atom. The van der Waals surface area contributed by atoms with E-state index in [2.05, 4.69) is 20.6 Å². The highest BCUT2D eigenvalue weighted by Crippen LogP contribution is 2.14. The lowest BCUT2D eigenvalue weighted by Gasteiger charge is -2.23. The van der Waals surface area contributed by atoms with Crippen LogP contribution in [-0.4, -0.2) is 35.0 Å². The number of carbonyl (C=O) groups is 1. The molecule has 1 aromatic carbocycles. The topological polar surface area (TPSA) is 66.9 Å². The van der Waals surface area contributed by atoms with Crippen LogP contribution in [0.15, 0.2) is 30.6 Å². The zero-order valence-electron chi connectivity index (χ0n) is 11.0. The van der Waals surface area contributed by atoms with E-state index in [0.29, 0.717) is 11.1 Å². The van der Waals surface area contributed by atoms with Crippen LogP contribution in [0.5, 0.6) is 0 Å². The van der Waals surface area contributed by atoms with Crippen molar-refractivity contribution in [3.63, 3.8) is 0 Å². The summed E-state index contributed by atoms with van der Waals surface area (Å²) in [7, 11) is 0. The average Bonchev–Trinajstić information content (AvgIpc) is 2.47. The van der Waals surface area contributed by atoms with Gasteiger partial charge in [-0.25, -0.2) is 0 Å². The lowest BCUT2D eigenvalue weighted by atomic mass is 10.1. The Hall–Kier alpha value is -1.72. The minimum absolute atomic E-state index is 0. The van der Waals surface area contributed by atoms with Gasteiger partial charge in [-0.2, -0.15) is 0 Å². The molecule has 2 aromatic rings. The van der Waals surface area contributed by atoms with E-state index in [1.165, 1.54) is 0 Å². The number of hydrogen-bond acceptors (Lipinski definition) is 4. The lowest BCUT2D eigenvalue weighted by Crippen LogP contribution is -2.45. The summed E-state index contributed by atoms with van der Waals surface area (Å²) in [5.41, 5.74) is 2.00. The number of nitrogens with zero attached hydrogens (tertiary/aromatic N) is 2. The van der Waals surface area contributed by atoms with Crippen molar-refractivity contribution in [1.29, 1.82) is 0 Å². The first kappa shape index (κ1) is 14.7. The molecule has 106 valence electrons. The smallest absolute Gasteiger partial charge is 0.253 e. The van der Waals surface area contributed by atoms with E-state index in [1.54, 1.807) is 18.5 Å². The Balaban J connectivity index is 0.00000147. The third kappa shape index (κ3) is 3.05. The molecule has 0 radical (unpaired) electrons. The Morgan fingerprint density at radius 3 is 2.95 bits per heavy atom. The molecule has 1 aliphatic heterocycles. The number of amides is 1. The minimum atomic E-state index is -0.0696. The van der Waals surface area contributed by atoms with Crippen molar-refractivity contribution in [2.24, 2.45) is 0 Å². The fourth-order valence-electron chi connectivity index (χ4n) is 2.41. The predicted molar refractivity (Wildman–Crippen MR) is 80.1 cm³/mol. The van der Waals surface area contributed by atoms with E-state index < -0.39 is 0 Å². The summed E-state index contributed by atoms with van der Waals surface area (Å²) in [5.74, 6) is -0.0696. The van der Waals surface area contributed by atoms with Gasteiger partial charge >= 0.3 is 0 Å². The van der Waals surface area contributed by atoms with E-state index in [1.807, 2.05) is 12.1 Å². The average molecular weight is 293 g/mol. The highest BCUT2D eigenvalue weighted by molar-refractivity contribution is 6.04. The number of hydrogen-bond donors (Lipinski definition) is 2. The molecule has 5 nitrogen and oxygen atoms in total. The fraction of sp³-hybridized carbons (Fsp3) is 0.357. The number of para-hydroxylation sites is 1. The summed E-state index contributed by atoms with van der Waals surface area (Å²) in [6, 6.07) is 5.70. The number of nitrogens with one attached hydrogen (secondary N) is 2. The molecule has 0 spiro atoms. The van der Waals surface area contributed by atoms with Gasteiger partial charge in [-0.15, -0.1) is 12.4 Å². The van der Waals surface area contributed by atoms with Gasteiger partial charge in [-0.05, 0) is 31.5 Å². The molecule has 1 saturated heterocycles. The van der Waals surface area contributed by atoms with Crippen molar-refractivity contribution in [3.05, 3.63) is 36.2 Å². The summed E-state index contributed by atoms with van der Waals surface area (Å²) in [5, 5.41) is 6.34. The molecule has 0 saturated carbocycles. The van der Waals surface area contributed by atoms with Crippen LogP contribution in [0.2, 0.25) is 0 Å². The third-order valence-corrected chi connectivity index (χ3v) is 3.38. The second-order valence-corrected chi connectivity index (χ2v) is 4.75. The Labute approximate surface area is 123 Å².